The van der Waals surface area contributed by atoms with Gasteiger partial charge in [-0.05, 0) is 46.7 Å². The van der Waals surface area contributed by atoms with Crippen LogP contribution >= 0.6 is 22.6 Å². The molecule has 1 atom stereocenters. The van der Waals surface area contributed by atoms with E-state index in [-0.39, 0.29) is 6.10 Å². The van der Waals surface area contributed by atoms with Gasteiger partial charge in [0.15, 0.2) is 0 Å². The van der Waals surface area contributed by atoms with Gasteiger partial charge in [0.2, 0.25) is 0 Å². The molecule has 0 aromatic heterocycles. The lowest BCUT2D eigenvalue weighted by Gasteiger charge is -2.13. The normalized spacial score (nSPS) is 12.4. The molecule has 0 bridgehead atoms. The van der Waals surface area contributed by atoms with Gasteiger partial charge in [-0.25, -0.2) is 0 Å². The van der Waals surface area contributed by atoms with Crippen molar-refractivity contribution < 1.29 is 4.74 Å². The highest BCUT2D eigenvalue weighted by molar-refractivity contribution is 14.1. The Labute approximate surface area is 118 Å². The van der Waals surface area contributed by atoms with Crippen LogP contribution in [0.3, 0.4) is 0 Å². The molecule has 0 fully saturated rings. The van der Waals surface area contributed by atoms with Gasteiger partial charge in [0, 0.05) is 3.57 Å². The zero-order valence-electron chi connectivity index (χ0n) is 10.5. The van der Waals surface area contributed by atoms with Crippen molar-refractivity contribution in [2.24, 2.45) is 0 Å². The van der Waals surface area contributed by atoms with Gasteiger partial charge in [-0.2, -0.15) is 0 Å². The number of hydrogen-bond acceptors (Lipinski definition) is 1. The van der Waals surface area contributed by atoms with E-state index in [1.54, 1.807) is 0 Å². The van der Waals surface area contributed by atoms with Crippen molar-refractivity contribution in [2.45, 2.75) is 45.3 Å². The Balaban J connectivity index is 2.31. The summed E-state index contributed by atoms with van der Waals surface area (Å²) in [7, 11) is 0. The lowest BCUT2D eigenvalue weighted by Crippen LogP contribution is -2.09. The van der Waals surface area contributed by atoms with Gasteiger partial charge in [-0.15, -0.1) is 6.58 Å². The Morgan fingerprint density at radius 3 is 2.59 bits per heavy atom. The summed E-state index contributed by atoms with van der Waals surface area (Å²) in [4.78, 5) is 0. The number of halogens is 1. The Morgan fingerprint density at radius 2 is 2.00 bits per heavy atom. The molecular weight excluding hydrogens is 323 g/mol. The van der Waals surface area contributed by atoms with Gasteiger partial charge >= 0.3 is 0 Å². The zero-order valence-corrected chi connectivity index (χ0v) is 12.7. The summed E-state index contributed by atoms with van der Waals surface area (Å²) in [5.41, 5.74) is 1.23. The summed E-state index contributed by atoms with van der Waals surface area (Å²) in [6.45, 7) is 6.74. The van der Waals surface area contributed by atoms with E-state index in [4.69, 9.17) is 4.74 Å². The second-order valence-corrected chi connectivity index (χ2v) is 5.45. The van der Waals surface area contributed by atoms with Crippen molar-refractivity contribution in [3.63, 3.8) is 0 Å². The van der Waals surface area contributed by atoms with E-state index in [9.17, 15) is 0 Å². The Bertz CT molecular complexity index is 318. The number of benzene rings is 1. The van der Waals surface area contributed by atoms with Gasteiger partial charge in [0.25, 0.3) is 0 Å². The van der Waals surface area contributed by atoms with Crippen molar-refractivity contribution in [1.29, 1.82) is 0 Å². The highest BCUT2D eigenvalue weighted by atomic mass is 127. The molecule has 17 heavy (non-hydrogen) atoms. The van der Waals surface area contributed by atoms with Crippen LogP contribution in [0.2, 0.25) is 0 Å². The van der Waals surface area contributed by atoms with Crippen molar-refractivity contribution in [3.8, 4) is 0 Å². The van der Waals surface area contributed by atoms with E-state index in [0.29, 0.717) is 6.61 Å². The van der Waals surface area contributed by atoms with Crippen LogP contribution < -0.4 is 0 Å². The van der Waals surface area contributed by atoms with E-state index < -0.39 is 0 Å². The maximum absolute atomic E-state index is 5.84. The molecule has 94 valence electrons. The monoisotopic (exact) mass is 344 g/mol. The molecule has 1 unspecified atom stereocenters. The molecule has 0 aliphatic rings. The lowest BCUT2D eigenvalue weighted by molar-refractivity contribution is 0.0650. The van der Waals surface area contributed by atoms with Gasteiger partial charge in [-0.3, -0.25) is 0 Å². The third-order valence-electron chi connectivity index (χ3n) is 2.73. The van der Waals surface area contributed by atoms with Crippen LogP contribution in [0, 0.1) is 3.57 Å². The minimum atomic E-state index is 0.195. The predicted octanol–water partition coefficient (Wildman–Crippen LogP) is 4.94. The Kier molecular flexibility index (Phi) is 7.53. The summed E-state index contributed by atoms with van der Waals surface area (Å²) >= 11 is 2.31. The second kappa shape index (κ2) is 8.70. The van der Waals surface area contributed by atoms with Crippen LogP contribution in [0.25, 0.3) is 0 Å². The van der Waals surface area contributed by atoms with Gasteiger partial charge in [0.1, 0.15) is 0 Å². The Hall–Kier alpha value is -0.350. The van der Waals surface area contributed by atoms with Crippen molar-refractivity contribution in [2.75, 3.05) is 0 Å². The van der Waals surface area contributed by atoms with Crippen molar-refractivity contribution >= 4 is 22.6 Å². The summed E-state index contributed by atoms with van der Waals surface area (Å²) in [5, 5.41) is 0. The van der Waals surface area contributed by atoms with Crippen LogP contribution in [-0.4, -0.2) is 6.10 Å². The first kappa shape index (κ1) is 14.7. The second-order valence-electron chi connectivity index (χ2n) is 4.21. The first-order valence-electron chi connectivity index (χ1n) is 6.25. The average molecular weight is 344 g/mol. The molecule has 0 spiro atoms. The molecule has 0 saturated carbocycles. The largest absolute Gasteiger partial charge is 0.369 e. The van der Waals surface area contributed by atoms with Gasteiger partial charge in [0.05, 0.1) is 12.7 Å². The Morgan fingerprint density at radius 1 is 1.29 bits per heavy atom. The molecule has 1 nitrogen and oxygen atoms in total. The van der Waals surface area contributed by atoms with E-state index >= 15 is 0 Å². The zero-order chi connectivity index (χ0) is 12.5. The van der Waals surface area contributed by atoms with E-state index in [0.717, 1.165) is 6.42 Å². The highest BCUT2D eigenvalue weighted by Crippen LogP contribution is 2.12. The van der Waals surface area contributed by atoms with Crippen molar-refractivity contribution in [3.05, 3.63) is 46.1 Å². The first-order valence-corrected chi connectivity index (χ1v) is 7.32. The first-order chi connectivity index (χ1) is 8.26. The fourth-order valence-electron chi connectivity index (χ4n) is 1.65. The van der Waals surface area contributed by atoms with Crippen LogP contribution in [0.4, 0.5) is 0 Å². The molecule has 0 aliphatic heterocycles. The van der Waals surface area contributed by atoms with E-state index in [1.165, 1.54) is 28.4 Å². The molecule has 0 heterocycles. The molecule has 0 N–H and O–H groups in total. The number of rotatable bonds is 8. The molecule has 0 amide bonds. The predicted molar refractivity (Wildman–Crippen MR) is 82.1 cm³/mol. The van der Waals surface area contributed by atoms with E-state index in [1.807, 2.05) is 6.08 Å². The molecule has 0 aliphatic carbocycles. The quantitative estimate of drug-likeness (QED) is 0.369. The molecule has 0 radical (unpaired) electrons. The standard InChI is InChI=1S/C15H21IO/c1-3-5-6-7-15(4-2)17-12-13-8-10-14(16)11-9-13/h4,8-11,15H,2-3,5-7,12H2,1H3. The van der Waals surface area contributed by atoms with E-state index in [2.05, 4.69) is 60.4 Å². The average Bonchev–Trinajstić information content (AvgIpc) is 2.35. The number of ether oxygens (including phenoxy) is 1. The maximum atomic E-state index is 5.84. The SMILES string of the molecule is C=CC(CCCCC)OCc1ccc(I)cc1. The van der Waals surface area contributed by atoms with Gasteiger partial charge < -0.3 is 4.74 Å². The summed E-state index contributed by atoms with van der Waals surface area (Å²) < 4.78 is 7.10. The molecule has 0 saturated heterocycles. The third kappa shape index (κ3) is 6.22. The summed E-state index contributed by atoms with van der Waals surface area (Å²) in [6, 6.07) is 8.46. The van der Waals surface area contributed by atoms with Crippen LogP contribution in [0.5, 0.6) is 0 Å². The molecular formula is C15H21IO. The highest BCUT2D eigenvalue weighted by Gasteiger charge is 2.04. The number of unbranched alkanes of at least 4 members (excludes halogenated alkanes) is 2. The van der Waals surface area contributed by atoms with Crippen LogP contribution in [0.15, 0.2) is 36.9 Å². The lowest BCUT2D eigenvalue weighted by atomic mass is 10.1. The number of hydrogen-bond donors (Lipinski definition) is 0. The van der Waals surface area contributed by atoms with Crippen molar-refractivity contribution in [1.82, 2.24) is 0 Å². The third-order valence-corrected chi connectivity index (χ3v) is 3.45. The molecule has 1 aromatic carbocycles. The van der Waals surface area contributed by atoms with Crippen LogP contribution in [-0.2, 0) is 11.3 Å². The summed E-state index contributed by atoms with van der Waals surface area (Å²) in [6.07, 6.45) is 6.95. The smallest absolute Gasteiger partial charge is 0.0757 e. The molecule has 1 rings (SSSR count). The minimum absolute atomic E-state index is 0.195. The van der Waals surface area contributed by atoms with Gasteiger partial charge in [-0.1, -0.05) is 44.4 Å². The maximum Gasteiger partial charge on any atom is 0.0757 e. The molecule has 1 aromatic rings. The fraction of sp³-hybridized carbons (Fsp3) is 0.467. The fourth-order valence-corrected chi connectivity index (χ4v) is 2.01. The summed E-state index contributed by atoms with van der Waals surface area (Å²) in [5.74, 6) is 0. The topological polar surface area (TPSA) is 9.23 Å². The molecule has 2 heteroatoms. The minimum Gasteiger partial charge on any atom is -0.369 e. The van der Waals surface area contributed by atoms with Crippen LogP contribution in [0.1, 0.15) is 38.2 Å².